The summed E-state index contributed by atoms with van der Waals surface area (Å²) < 4.78 is 2.20. The van der Waals surface area contributed by atoms with Crippen LogP contribution in [-0.2, 0) is 6.54 Å². The van der Waals surface area contributed by atoms with Gasteiger partial charge in [-0.2, -0.15) is 0 Å². The monoisotopic (exact) mass is 290 g/mol. The van der Waals surface area contributed by atoms with Gasteiger partial charge in [-0.15, -0.1) is 0 Å². The largest absolute Gasteiger partial charge is 0.396 e. The van der Waals surface area contributed by atoms with Gasteiger partial charge < -0.3 is 20.1 Å². The first-order chi connectivity index (χ1) is 10.0. The van der Waals surface area contributed by atoms with Crippen molar-refractivity contribution < 1.29 is 10.2 Å². The molecule has 0 amide bonds. The number of hydrogen-bond donors (Lipinski definition) is 3. The lowest BCUT2D eigenvalue weighted by Gasteiger charge is -2.15. The summed E-state index contributed by atoms with van der Waals surface area (Å²) in [5.41, 5.74) is 4.94. The minimum absolute atomic E-state index is 0.184. The Hall–Kier alpha value is -1.36. The maximum Gasteiger partial charge on any atom is 0.0843 e. The molecule has 1 heterocycles. The molecule has 0 aliphatic carbocycles. The summed E-state index contributed by atoms with van der Waals surface area (Å²) in [6.45, 7) is 8.40. The van der Waals surface area contributed by atoms with Crippen molar-refractivity contribution >= 4 is 10.9 Å². The van der Waals surface area contributed by atoms with Gasteiger partial charge in [0.15, 0.2) is 0 Å². The van der Waals surface area contributed by atoms with Crippen molar-refractivity contribution in [3.05, 3.63) is 35.0 Å². The second-order valence-corrected chi connectivity index (χ2v) is 5.78. The van der Waals surface area contributed by atoms with E-state index in [9.17, 15) is 5.11 Å². The minimum Gasteiger partial charge on any atom is -0.396 e. The first kappa shape index (κ1) is 16.0. The number of hydrogen-bond acceptors (Lipinski definition) is 3. The number of nitrogens with one attached hydrogen (secondary N) is 1. The predicted molar refractivity (Wildman–Crippen MR) is 86.7 cm³/mol. The summed E-state index contributed by atoms with van der Waals surface area (Å²) in [5, 5.41) is 23.4. The van der Waals surface area contributed by atoms with Gasteiger partial charge in [0.25, 0.3) is 0 Å². The zero-order valence-corrected chi connectivity index (χ0v) is 13.2. The third-order valence-corrected chi connectivity index (χ3v) is 4.08. The average molecular weight is 290 g/mol. The van der Waals surface area contributed by atoms with Crippen molar-refractivity contribution in [3.63, 3.8) is 0 Å². The highest BCUT2D eigenvalue weighted by molar-refractivity contribution is 5.85. The summed E-state index contributed by atoms with van der Waals surface area (Å²) in [5.74, 6) is 0. The second-order valence-electron chi connectivity index (χ2n) is 5.78. The standard InChI is InChI=1S/C17H26N2O2/c1-12-5-6-17-16(9-12)13(2)14(3)19(17)11-15(21)10-18-7-4-8-20/h5-6,9,15,18,20-21H,4,7-8,10-11H2,1-3H3/t15-/m1/s1. The minimum atomic E-state index is -0.432. The lowest BCUT2D eigenvalue weighted by Crippen LogP contribution is -2.31. The average Bonchev–Trinajstić information content (AvgIpc) is 2.69. The molecule has 1 aromatic carbocycles. The molecule has 4 nitrogen and oxygen atoms in total. The Morgan fingerprint density at radius 3 is 2.71 bits per heavy atom. The molecule has 2 aromatic rings. The molecule has 0 unspecified atom stereocenters. The molecule has 116 valence electrons. The van der Waals surface area contributed by atoms with E-state index < -0.39 is 6.10 Å². The Morgan fingerprint density at radius 2 is 2.00 bits per heavy atom. The van der Waals surface area contributed by atoms with Gasteiger partial charge in [0, 0.05) is 29.7 Å². The third-order valence-electron chi connectivity index (χ3n) is 4.08. The van der Waals surface area contributed by atoms with Gasteiger partial charge in [0.2, 0.25) is 0 Å². The number of aliphatic hydroxyl groups is 2. The van der Waals surface area contributed by atoms with Gasteiger partial charge >= 0.3 is 0 Å². The summed E-state index contributed by atoms with van der Waals surface area (Å²) >= 11 is 0. The zero-order chi connectivity index (χ0) is 15.4. The summed E-state index contributed by atoms with van der Waals surface area (Å²) in [6, 6.07) is 6.46. The molecule has 4 heteroatoms. The van der Waals surface area contributed by atoms with Gasteiger partial charge in [0.1, 0.15) is 0 Å². The Kier molecular flexibility index (Phi) is 5.39. The number of fused-ring (bicyclic) bond motifs is 1. The van der Waals surface area contributed by atoms with E-state index in [0.717, 1.165) is 13.0 Å². The number of aromatic nitrogens is 1. The van der Waals surface area contributed by atoms with Crippen LogP contribution in [0.2, 0.25) is 0 Å². The fourth-order valence-electron chi connectivity index (χ4n) is 2.75. The van der Waals surface area contributed by atoms with Crippen molar-refractivity contribution in [1.82, 2.24) is 9.88 Å². The summed E-state index contributed by atoms with van der Waals surface area (Å²) in [4.78, 5) is 0. The fraction of sp³-hybridized carbons (Fsp3) is 0.529. The van der Waals surface area contributed by atoms with E-state index in [2.05, 4.69) is 48.9 Å². The number of aliphatic hydroxyl groups excluding tert-OH is 2. The molecule has 0 aliphatic heterocycles. The van der Waals surface area contributed by atoms with E-state index in [1.807, 2.05) is 0 Å². The van der Waals surface area contributed by atoms with Gasteiger partial charge in [-0.05, 0) is 51.4 Å². The lowest BCUT2D eigenvalue weighted by molar-refractivity contribution is 0.151. The quantitative estimate of drug-likeness (QED) is 0.683. The second kappa shape index (κ2) is 7.07. The smallest absolute Gasteiger partial charge is 0.0843 e. The first-order valence-corrected chi connectivity index (χ1v) is 7.60. The van der Waals surface area contributed by atoms with Crippen LogP contribution >= 0.6 is 0 Å². The van der Waals surface area contributed by atoms with E-state index in [-0.39, 0.29) is 6.61 Å². The maximum atomic E-state index is 10.2. The zero-order valence-electron chi connectivity index (χ0n) is 13.2. The van der Waals surface area contributed by atoms with Gasteiger partial charge in [-0.25, -0.2) is 0 Å². The number of aryl methyl sites for hydroxylation is 2. The van der Waals surface area contributed by atoms with Crippen LogP contribution in [0.15, 0.2) is 18.2 Å². The molecule has 1 atom stereocenters. The Bertz CT molecular complexity index is 604. The van der Waals surface area contributed by atoms with Crippen LogP contribution in [0.3, 0.4) is 0 Å². The van der Waals surface area contributed by atoms with Gasteiger partial charge in [-0.3, -0.25) is 0 Å². The topological polar surface area (TPSA) is 57.4 Å². The number of rotatable bonds is 7. The van der Waals surface area contributed by atoms with Crippen LogP contribution in [0.25, 0.3) is 10.9 Å². The highest BCUT2D eigenvalue weighted by Gasteiger charge is 2.13. The third kappa shape index (κ3) is 3.64. The molecule has 0 spiro atoms. The molecule has 2 rings (SSSR count). The molecule has 0 radical (unpaired) electrons. The molecule has 0 saturated carbocycles. The Balaban J connectivity index is 2.13. The van der Waals surface area contributed by atoms with Crippen LogP contribution in [0.5, 0.6) is 0 Å². The number of nitrogens with zero attached hydrogens (tertiary/aromatic N) is 1. The molecular weight excluding hydrogens is 264 g/mol. The normalized spacial score (nSPS) is 13.0. The van der Waals surface area contributed by atoms with Crippen LogP contribution in [0, 0.1) is 20.8 Å². The van der Waals surface area contributed by atoms with Crippen molar-refractivity contribution in [3.8, 4) is 0 Å². The molecule has 0 fully saturated rings. The van der Waals surface area contributed by atoms with E-state index in [0.29, 0.717) is 13.1 Å². The Labute approximate surface area is 126 Å². The van der Waals surface area contributed by atoms with Crippen molar-refractivity contribution in [2.24, 2.45) is 0 Å². The molecule has 0 bridgehead atoms. The molecule has 0 aliphatic rings. The fourth-order valence-corrected chi connectivity index (χ4v) is 2.75. The highest BCUT2D eigenvalue weighted by atomic mass is 16.3. The Morgan fingerprint density at radius 1 is 1.24 bits per heavy atom. The van der Waals surface area contributed by atoms with Crippen LogP contribution < -0.4 is 5.32 Å². The van der Waals surface area contributed by atoms with E-state index in [1.165, 1.54) is 27.7 Å². The lowest BCUT2D eigenvalue weighted by atomic mass is 10.1. The first-order valence-electron chi connectivity index (χ1n) is 7.60. The molecule has 21 heavy (non-hydrogen) atoms. The molecule has 1 aromatic heterocycles. The van der Waals surface area contributed by atoms with Crippen LogP contribution in [0.4, 0.5) is 0 Å². The van der Waals surface area contributed by atoms with Crippen LogP contribution in [0.1, 0.15) is 23.2 Å². The van der Waals surface area contributed by atoms with E-state index in [4.69, 9.17) is 5.11 Å². The van der Waals surface area contributed by atoms with E-state index >= 15 is 0 Å². The summed E-state index contributed by atoms with van der Waals surface area (Å²) in [6.07, 6.45) is 0.287. The van der Waals surface area contributed by atoms with Crippen molar-refractivity contribution in [1.29, 1.82) is 0 Å². The molecule has 0 saturated heterocycles. The molecule has 3 N–H and O–H groups in total. The van der Waals surface area contributed by atoms with Gasteiger partial charge in [-0.1, -0.05) is 11.6 Å². The maximum absolute atomic E-state index is 10.2. The SMILES string of the molecule is Cc1ccc2c(c1)c(C)c(C)n2C[C@H](O)CNCCCO. The highest BCUT2D eigenvalue weighted by Crippen LogP contribution is 2.26. The van der Waals surface area contributed by atoms with Crippen LogP contribution in [-0.4, -0.2) is 40.6 Å². The van der Waals surface area contributed by atoms with Crippen molar-refractivity contribution in [2.45, 2.75) is 39.8 Å². The number of benzene rings is 1. The van der Waals surface area contributed by atoms with E-state index in [1.54, 1.807) is 0 Å². The van der Waals surface area contributed by atoms with Gasteiger partial charge in [0.05, 0.1) is 12.6 Å². The van der Waals surface area contributed by atoms with Crippen molar-refractivity contribution in [2.75, 3.05) is 19.7 Å². The molecular formula is C17H26N2O2. The predicted octanol–water partition coefficient (Wildman–Crippen LogP) is 1.90. The summed E-state index contributed by atoms with van der Waals surface area (Å²) in [7, 11) is 0.